The molecule has 0 fully saturated rings. The number of amidine groups is 1. The molecule has 1 heterocycles. The van der Waals surface area contributed by atoms with E-state index in [2.05, 4.69) is 15.0 Å². The minimum absolute atomic E-state index is 0.0425. The van der Waals surface area contributed by atoms with Gasteiger partial charge < -0.3 is 4.74 Å². The van der Waals surface area contributed by atoms with Crippen LogP contribution in [0.15, 0.2) is 65.8 Å². The molecule has 0 spiro atoms. The summed E-state index contributed by atoms with van der Waals surface area (Å²) in [5.74, 6) is 5.79. The Bertz CT molecular complexity index is 1000. The molecule has 0 saturated heterocycles. The maximum atomic E-state index is 14.5. The van der Waals surface area contributed by atoms with Gasteiger partial charge in [-0.1, -0.05) is 61.2 Å². The first-order valence-electron chi connectivity index (χ1n) is 9.72. The van der Waals surface area contributed by atoms with Crippen LogP contribution in [0.4, 0.5) is 14.6 Å². The van der Waals surface area contributed by atoms with E-state index >= 15 is 0 Å². The monoisotopic (exact) mass is 443 g/mol. The van der Waals surface area contributed by atoms with E-state index in [1.807, 2.05) is 37.3 Å². The molecule has 9 heteroatoms. The number of aliphatic imine (C=N–C) groups is 1. The van der Waals surface area contributed by atoms with Crippen LogP contribution in [0.25, 0.3) is 0 Å². The normalized spacial score (nSPS) is 11.4. The molecule has 2 aromatic carbocycles. The van der Waals surface area contributed by atoms with E-state index in [-0.39, 0.29) is 24.3 Å². The molecule has 0 bridgehead atoms. The van der Waals surface area contributed by atoms with E-state index in [0.29, 0.717) is 11.7 Å². The molecule has 0 saturated carbocycles. The molecule has 1 aromatic heterocycles. The SMILES string of the molecule is CCCS/C(=N\Cc1ccccc1)N(N)c1nc(OCc2ccc(F)cc2)ncc1F. The smallest absolute Gasteiger partial charge is 0.318 e. The number of hydrazine groups is 1. The van der Waals surface area contributed by atoms with Crippen molar-refractivity contribution in [2.45, 2.75) is 26.5 Å². The highest BCUT2D eigenvalue weighted by molar-refractivity contribution is 8.14. The van der Waals surface area contributed by atoms with Crippen molar-refractivity contribution in [1.82, 2.24) is 9.97 Å². The topological polar surface area (TPSA) is 76.6 Å². The predicted octanol–water partition coefficient (Wildman–Crippen LogP) is 4.71. The van der Waals surface area contributed by atoms with E-state index in [4.69, 9.17) is 10.6 Å². The molecular formula is C22H23F2N5OS. The standard InChI is InChI=1S/C22H23F2N5OS/c1-2-12-31-22(27-13-16-6-4-3-5-7-16)29(25)20-19(24)14-26-21(28-20)30-15-17-8-10-18(23)11-9-17/h3-11,14H,2,12-13,15,25H2,1H3/b27-22-. The number of benzene rings is 2. The molecule has 0 aliphatic heterocycles. The third-order valence-corrected chi connectivity index (χ3v) is 5.29. The quantitative estimate of drug-likeness (QED) is 0.235. The first-order valence-corrected chi connectivity index (χ1v) is 10.7. The number of aromatic nitrogens is 2. The van der Waals surface area contributed by atoms with Crippen LogP contribution >= 0.6 is 11.8 Å². The van der Waals surface area contributed by atoms with Crippen molar-refractivity contribution in [1.29, 1.82) is 0 Å². The van der Waals surface area contributed by atoms with Crippen molar-refractivity contribution >= 4 is 22.7 Å². The summed E-state index contributed by atoms with van der Waals surface area (Å²) in [6.45, 7) is 2.55. The maximum absolute atomic E-state index is 14.5. The summed E-state index contributed by atoms with van der Waals surface area (Å²) in [4.78, 5) is 12.5. The van der Waals surface area contributed by atoms with E-state index in [0.717, 1.165) is 34.5 Å². The van der Waals surface area contributed by atoms with Gasteiger partial charge in [0.2, 0.25) is 0 Å². The summed E-state index contributed by atoms with van der Waals surface area (Å²) in [6, 6.07) is 15.5. The van der Waals surface area contributed by atoms with Gasteiger partial charge in [-0.25, -0.2) is 24.6 Å². The zero-order valence-electron chi connectivity index (χ0n) is 17.0. The Hall–Kier alpha value is -3.04. The summed E-state index contributed by atoms with van der Waals surface area (Å²) in [5.41, 5.74) is 1.74. The summed E-state index contributed by atoms with van der Waals surface area (Å²) >= 11 is 1.42. The molecule has 2 N–H and O–H groups in total. The van der Waals surface area contributed by atoms with Crippen LogP contribution in [-0.2, 0) is 13.2 Å². The number of hydrogen-bond acceptors (Lipinski definition) is 6. The fourth-order valence-corrected chi connectivity index (χ4v) is 3.30. The molecule has 0 radical (unpaired) electrons. The Morgan fingerprint density at radius 3 is 2.55 bits per heavy atom. The predicted molar refractivity (Wildman–Crippen MR) is 120 cm³/mol. The van der Waals surface area contributed by atoms with Gasteiger partial charge in [0.25, 0.3) is 0 Å². The molecule has 0 unspecified atom stereocenters. The van der Waals surface area contributed by atoms with Gasteiger partial charge in [-0.3, -0.25) is 4.99 Å². The number of ether oxygens (including phenoxy) is 1. The number of hydrogen-bond donors (Lipinski definition) is 1. The number of halogens is 2. The highest BCUT2D eigenvalue weighted by Crippen LogP contribution is 2.21. The summed E-state index contributed by atoms with van der Waals surface area (Å²) in [5, 5.41) is 1.55. The van der Waals surface area contributed by atoms with Gasteiger partial charge in [0, 0.05) is 5.75 Å². The van der Waals surface area contributed by atoms with Crippen molar-refractivity contribution in [3.63, 3.8) is 0 Å². The fourth-order valence-electron chi connectivity index (χ4n) is 2.53. The van der Waals surface area contributed by atoms with Crippen LogP contribution in [0.2, 0.25) is 0 Å². The van der Waals surface area contributed by atoms with Gasteiger partial charge in [-0.15, -0.1) is 0 Å². The summed E-state index contributed by atoms with van der Waals surface area (Å²) in [7, 11) is 0. The zero-order valence-corrected chi connectivity index (χ0v) is 17.9. The van der Waals surface area contributed by atoms with Gasteiger partial charge >= 0.3 is 6.01 Å². The molecule has 3 rings (SSSR count). The first-order chi connectivity index (χ1) is 15.1. The fraction of sp³-hybridized carbons (Fsp3) is 0.227. The van der Waals surface area contributed by atoms with E-state index in [9.17, 15) is 8.78 Å². The second-order valence-corrected chi connectivity index (χ2v) is 7.60. The van der Waals surface area contributed by atoms with E-state index in [1.165, 1.54) is 23.9 Å². The van der Waals surface area contributed by atoms with Gasteiger partial charge in [0.05, 0.1) is 12.7 Å². The van der Waals surface area contributed by atoms with Crippen LogP contribution < -0.4 is 15.6 Å². The van der Waals surface area contributed by atoms with E-state index in [1.54, 1.807) is 12.1 Å². The molecule has 162 valence electrons. The van der Waals surface area contributed by atoms with Crippen molar-refractivity contribution in [3.05, 3.63) is 83.6 Å². The molecule has 0 aliphatic rings. The van der Waals surface area contributed by atoms with E-state index < -0.39 is 5.82 Å². The van der Waals surface area contributed by atoms with Gasteiger partial charge in [0.15, 0.2) is 16.8 Å². The highest BCUT2D eigenvalue weighted by Gasteiger charge is 2.18. The number of nitrogens with two attached hydrogens (primary N) is 1. The van der Waals surface area contributed by atoms with Gasteiger partial charge in [-0.05, 0) is 29.7 Å². The lowest BCUT2D eigenvalue weighted by Gasteiger charge is -2.20. The summed E-state index contributed by atoms with van der Waals surface area (Å²) < 4.78 is 33.0. The van der Waals surface area contributed by atoms with Gasteiger partial charge in [-0.2, -0.15) is 4.98 Å². The lowest BCUT2D eigenvalue weighted by molar-refractivity contribution is 0.279. The minimum Gasteiger partial charge on any atom is -0.459 e. The van der Waals surface area contributed by atoms with Crippen molar-refractivity contribution in [2.75, 3.05) is 10.8 Å². The molecule has 31 heavy (non-hydrogen) atoms. The largest absolute Gasteiger partial charge is 0.459 e. The maximum Gasteiger partial charge on any atom is 0.318 e. The minimum atomic E-state index is -0.693. The third kappa shape index (κ3) is 6.73. The van der Waals surface area contributed by atoms with Crippen molar-refractivity contribution < 1.29 is 13.5 Å². The Kier molecular flexibility index (Phi) is 8.31. The number of rotatable bonds is 8. The first kappa shape index (κ1) is 22.6. The second-order valence-electron chi connectivity index (χ2n) is 6.54. The zero-order chi connectivity index (χ0) is 22.1. The van der Waals surface area contributed by atoms with Crippen molar-refractivity contribution in [2.24, 2.45) is 10.8 Å². The van der Waals surface area contributed by atoms with Crippen LogP contribution in [0.5, 0.6) is 6.01 Å². The second kappa shape index (κ2) is 11.4. The van der Waals surface area contributed by atoms with Crippen molar-refractivity contribution in [3.8, 4) is 6.01 Å². The van der Waals surface area contributed by atoms with Crippen LogP contribution in [-0.4, -0.2) is 20.9 Å². The average molecular weight is 444 g/mol. The molecular weight excluding hydrogens is 420 g/mol. The van der Waals surface area contributed by atoms with Crippen LogP contribution in [0.1, 0.15) is 24.5 Å². The number of nitrogens with zero attached hydrogens (tertiary/aromatic N) is 4. The lowest BCUT2D eigenvalue weighted by Crippen LogP contribution is -2.37. The highest BCUT2D eigenvalue weighted by atomic mass is 32.2. The average Bonchev–Trinajstić information content (AvgIpc) is 2.80. The Morgan fingerprint density at radius 2 is 1.84 bits per heavy atom. The lowest BCUT2D eigenvalue weighted by atomic mass is 10.2. The molecule has 0 atom stereocenters. The summed E-state index contributed by atoms with van der Waals surface area (Å²) in [6.07, 6.45) is 1.91. The Balaban J connectivity index is 1.76. The molecule has 3 aromatic rings. The molecule has 0 amide bonds. The van der Waals surface area contributed by atoms with Crippen LogP contribution in [0.3, 0.4) is 0 Å². The Labute approximate surface area is 184 Å². The van der Waals surface area contributed by atoms with Gasteiger partial charge in [0.1, 0.15) is 12.4 Å². The number of anilines is 1. The molecule has 0 aliphatic carbocycles. The number of thioether (sulfide) groups is 1. The Morgan fingerprint density at radius 1 is 1.10 bits per heavy atom. The third-order valence-electron chi connectivity index (χ3n) is 4.09. The molecule has 6 nitrogen and oxygen atoms in total. The van der Waals surface area contributed by atoms with Crippen LogP contribution in [0, 0.1) is 11.6 Å².